The Balaban J connectivity index is 1.26. The van der Waals surface area contributed by atoms with Crippen molar-refractivity contribution in [1.82, 2.24) is 15.0 Å². The molecule has 0 bridgehead atoms. The smallest absolute Gasteiger partial charge is 0.164 e. The Kier molecular flexibility index (Phi) is 6.85. The fourth-order valence-electron chi connectivity index (χ4n) is 7.18. The monoisotopic (exact) mass is 708 g/mol. The predicted octanol–water partition coefficient (Wildman–Crippen LogP) is 13.4. The summed E-state index contributed by atoms with van der Waals surface area (Å²) in [4.78, 5) is 15.5. The molecule has 2 aromatic heterocycles. The van der Waals surface area contributed by atoms with Gasteiger partial charge in [0.05, 0.1) is 6.85 Å². The van der Waals surface area contributed by atoms with Crippen molar-refractivity contribution < 1.29 is 11.3 Å². The van der Waals surface area contributed by atoms with Crippen LogP contribution in [-0.2, 0) is 0 Å². The molecule has 4 heteroatoms. The Labute approximate surface area is 326 Å². The van der Waals surface area contributed by atoms with Crippen LogP contribution in [0.1, 0.15) is 6.85 Å². The van der Waals surface area contributed by atoms with Crippen LogP contribution in [0.4, 0.5) is 0 Å². The van der Waals surface area contributed by atoms with Gasteiger partial charge in [0.1, 0.15) is 11.2 Å². The van der Waals surface area contributed by atoms with E-state index in [1.54, 1.807) is 0 Å². The molecule has 0 aliphatic heterocycles. The quantitative estimate of drug-likeness (QED) is 0.165. The second-order valence-corrected chi connectivity index (χ2v) is 13.3. The molecule has 258 valence electrons. The lowest BCUT2D eigenvalue weighted by atomic mass is 9.94. The average molecular weight is 709 g/mol. The lowest BCUT2D eigenvalue weighted by Gasteiger charge is -2.13. The van der Waals surface area contributed by atoms with Crippen molar-refractivity contribution in [3.63, 3.8) is 0 Å². The van der Waals surface area contributed by atoms with Crippen LogP contribution >= 0.6 is 0 Å². The van der Waals surface area contributed by atoms with Gasteiger partial charge in [-0.1, -0.05) is 164 Å². The van der Waals surface area contributed by atoms with Gasteiger partial charge in [-0.05, 0) is 75.3 Å². The van der Waals surface area contributed by atoms with Crippen molar-refractivity contribution in [1.29, 1.82) is 0 Å². The summed E-state index contributed by atoms with van der Waals surface area (Å²) in [6.45, 7) is 0. The van der Waals surface area contributed by atoms with E-state index in [0.717, 1.165) is 49.9 Å². The van der Waals surface area contributed by atoms with Crippen LogP contribution in [0.15, 0.2) is 204 Å². The number of benzene rings is 8. The maximum absolute atomic E-state index is 8.94. The molecule has 0 atom stereocenters. The van der Waals surface area contributed by atoms with E-state index in [2.05, 4.69) is 42.5 Å². The fourth-order valence-corrected chi connectivity index (χ4v) is 7.18. The number of rotatable bonds is 7. The second kappa shape index (κ2) is 13.8. The second-order valence-electron chi connectivity index (χ2n) is 13.3. The molecule has 0 saturated heterocycles. The molecule has 0 aliphatic carbocycles. The maximum atomic E-state index is 8.94. The maximum Gasteiger partial charge on any atom is 0.164 e. The molecule has 10 aromatic rings. The van der Waals surface area contributed by atoms with Crippen LogP contribution in [-0.4, -0.2) is 15.0 Å². The predicted molar refractivity (Wildman–Crippen MR) is 225 cm³/mol. The minimum Gasteiger partial charge on any atom is -0.455 e. The summed E-state index contributed by atoms with van der Waals surface area (Å²) in [6, 6.07) is 54.2. The number of hydrogen-bond donors (Lipinski definition) is 0. The van der Waals surface area contributed by atoms with Crippen LogP contribution < -0.4 is 0 Å². The van der Waals surface area contributed by atoms with Gasteiger partial charge >= 0.3 is 0 Å². The number of fused-ring (bicyclic) bond motifs is 3. The Bertz CT molecular complexity index is 3160. The van der Waals surface area contributed by atoms with E-state index in [4.69, 9.17) is 26.2 Å². The van der Waals surface area contributed by atoms with Gasteiger partial charge in [0.15, 0.2) is 17.5 Å². The van der Waals surface area contributed by atoms with Crippen molar-refractivity contribution in [3.05, 3.63) is 200 Å². The highest BCUT2D eigenvalue weighted by atomic mass is 16.3. The van der Waals surface area contributed by atoms with E-state index in [1.165, 1.54) is 0 Å². The highest BCUT2D eigenvalue weighted by Gasteiger charge is 2.21. The third kappa shape index (κ3) is 6.16. The molecule has 8 aromatic carbocycles. The van der Waals surface area contributed by atoms with E-state index in [-0.39, 0.29) is 17.6 Å². The third-order valence-electron chi connectivity index (χ3n) is 9.79. The van der Waals surface area contributed by atoms with Gasteiger partial charge in [-0.15, -0.1) is 0 Å². The molecule has 0 aliphatic rings. The minimum atomic E-state index is -0.457. The summed E-state index contributed by atoms with van der Waals surface area (Å²) in [5.41, 5.74) is 9.53. The number of nitrogens with zero attached hydrogens (tertiary/aromatic N) is 3. The van der Waals surface area contributed by atoms with Gasteiger partial charge in [-0.25, -0.2) is 15.0 Å². The Hall–Kier alpha value is -7.43. The molecule has 0 saturated carbocycles. The summed E-state index contributed by atoms with van der Waals surface area (Å²) in [6.07, 6.45) is 0. The summed E-state index contributed by atoms with van der Waals surface area (Å²) in [5, 5.41) is 1.41. The first-order chi connectivity index (χ1) is 29.3. The molecular formula is C51H33N3O. The minimum absolute atomic E-state index is 0.0608. The number of hydrogen-bond acceptors (Lipinski definition) is 4. The van der Waals surface area contributed by atoms with Crippen LogP contribution in [0.3, 0.4) is 0 Å². The SMILES string of the molecule is [2H]c1c([2H])c([2H])c(-c2cc(-c3ccccc3)cc3c2oc2cccc(-c4nc(-c5ccccc5)nc(-c5cc(-c6ccccc6)cc(-c6ccccc6)c5)n4)c23)c([2H])c1[2H]. The van der Waals surface area contributed by atoms with Crippen molar-refractivity contribution in [2.45, 2.75) is 0 Å². The van der Waals surface area contributed by atoms with Crippen molar-refractivity contribution >= 4 is 21.9 Å². The van der Waals surface area contributed by atoms with Crippen molar-refractivity contribution in [2.75, 3.05) is 0 Å². The van der Waals surface area contributed by atoms with Crippen molar-refractivity contribution in [3.8, 4) is 78.7 Å². The van der Waals surface area contributed by atoms with Crippen LogP contribution in [0.2, 0.25) is 0 Å². The topological polar surface area (TPSA) is 51.8 Å². The van der Waals surface area contributed by atoms with E-state index >= 15 is 0 Å². The molecule has 0 amide bonds. The zero-order valence-corrected chi connectivity index (χ0v) is 29.4. The summed E-state index contributed by atoms with van der Waals surface area (Å²) >= 11 is 0. The van der Waals surface area contributed by atoms with E-state index in [0.29, 0.717) is 45.2 Å². The molecule has 0 N–H and O–H groups in total. The standard InChI is InChI=1S/C51H33N3O/c1-6-17-34(18-7-1)39-29-40(35-19-8-2-9-20-35)31-42(30-39)50-52-49(38-25-14-5-15-26-38)53-51(54-50)43-27-16-28-46-47(43)45-33-41(36-21-10-3-11-22-36)32-44(48(45)55-46)37-23-12-4-13-24-37/h1-33H/i4D,12D,13D,23D,24D. The van der Waals surface area contributed by atoms with Gasteiger partial charge in [-0.3, -0.25) is 0 Å². The Morgan fingerprint density at radius 1 is 0.364 bits per heavy atom. The molecule has 4 nitrogen and oxygen atoms in total. The first-order valence-corrected chi connectivity index (χ1v) is 18.0. The summed E-state index contributed by atoms with van der Waals surface area (Å²) in [5.74, 6) is 1.41. The van der Waals surface area contributed by atoms with Gasteiger partial charge in [0.2, 0.25) is 0 Å². The normalized spacial score (nSPS) is 12.5. The largest absolute Gasteiger partial charge is 0.455 e. The zero-order chi connectivity index (χ0) is 40.9. The van der Waals surface area contributed by atoms with E-state index in [9.17, 15) is 0 Å². The molecule has 0 spiro atoms. The van der Waals surface area contributed by atoms with Crippen LogP contribution in [0.25, 0.3) is 101 Å². The van der Waals surface area contributed by atoms with Gasteiger partial charge in [0.25, 0.3) is 0 Å². The lowest BCUT2D eigenvalue weighted by Crippen LogP contribution is -2.01. The molecular weight excluding hydrogens is 671 g/mol. The van der Waals surface area contributed by atoms with Crippen LogP contribution in [0.5, 0.6) is 0 Å². The summed E-state index contributed by atoms with van der Waals surface area (Å²) in [7, 11) is 0. The molecule has 10 rings (SSSR count). The molecule has 0 radical (unpaired) electrons. The first kappa shape index (κ1) is 27.2. The van der Waals surface area contributed by atoms with Crippen molar-refractivity contribution in [2.24, 2.45) is 0 Å². The number of furan rings is 1. The van der Waals surface area contributed by atoms with Gasteiger partial charge < -0.3 is 4.42 Å². The zero-order valence-electron chi connectivity index (χ0n) is 34.4. The molecule has 0 fully saturated rings. The fraction of sp³-hybridized carbons (Fsp3) is 0. The Morgan fingerprint density at radius 2 is 0.855 bits per heavy atom. The van der Waals surface area contributed by atoms with Crippen LogP contribution in [0, 0.1) is 0 Å². The molecule has 55 heavy (non-hydrogen) atoms. The number of aromatic nitrogens is 3. The van der Waals surface area contributed by atoms with E-state index < -0.39 is 18.1 Å². The van der Waals surface area contributed by atoms with Gasteiger partial charge in [0, 0.05) is 33.0 Å². The van der Waals surface area contributed by atoms with E-state index in [1.807, 2.05) is 127 Å². The molecule has 0 unspecified atom stereocenters. The van der Waals surface area contributed by atoms with Gasteiger partial charge in [-0.2, -0.15) is 0 Å². The highest BCUT2D eigenvalue weighted by Crippen LogP contribution is 2.43. The lowest BCUT2D eigenvalue weighted by molar-refractivity contribution is 0.670. The summed E-state index contributed by atoms with van der Waals surface area (Å²) < 4.78 is 49.9. The highest BCUT2D eigenvalue weighted by molar-refractivity contribution is 6.16. The third-order valence-corrected chi connectivity index (χ3v) is 9.79. The Morgan fingerprint density at radius 3 is 1.44 bits per heavy atom. The average Bonchev–Trinajstić information content (AvgIpc) is 3.70. The molecule has 2 heterocycles. The first-order valence-electron chi connectivity index (χ1n) is 20.5.